The Kier molecular flexibility index (Phi) is 9.06. The van der Waals surface area contributed by atoms with Crippen LogP contribution < -0.4 is 4.74 Å². The summed E-state index contributed by atoms with van der Waals surface area (Å²) in [5.41, 5.74) is 4.79. The molecule has 0 unspecified atom stereocenters. The van der Waals surface area contributed by atoms with Crippen LogP contribution in [0, 0.1) is 17.8 Å². The van der Waals surface area contributed by atoms with Gasteiger partial charge in [-0.3, -0.25) is 4.79 Å². The third-order valence-electron chi connectivity index (χ3n) is 7.21. The molecule has 0 spiro atoms. The fourth-order valence-corrected chi connectivity index (χ4v) is 4.85. The molecule has 0 aromatic heterocycles. The minimum absolute atomic E-state index is 0.185. The summed E-state index contributed by atoms with van der Waals surface area (Å²) in [6.07, 6.45) is 4.28. The zero-order valence-electron chi connectivity index (χ0n) is 22.4. The Bertz CT molecular complexity index is 1460. The molecule has 1 aliphatic rings. The van der Waals surface area contributed by atoms with Crippen LogP contribution in [0.1, 0.15) is 58.3 Å². The fraction of sp³-hybridized carbons (Fsp3) is 0.222. The highest BCUT2D eigenvalue weighted by Gasteiger charge is 2.29. The topological polar surface area (TPSA) is 52.6 Å². The Hall–Kier alpha value is -4.62. The zero-order chi connectivity index (χ0) is 27.6. The van der Waals surface area contributed by atoms with Crippen molar-refractivity contribution in [1.29, 1.82) is 0 Å². The lowest BCUT2D eigenvalue weighted by molar-refractivity contribution is -0.140. The predicted octanol–water partition coefficient (Wildman–Crippen LogP) is 7.19. The maximum Gasteiger partial charge on any atom is 0.338 e. The van der Waals surface area contributed by atoms with Gasteiger partial charge in [-0.2, -0.15) is 0 Å². The molecule has 0 saturated heterocycles. The molecule has 0 N–H and O–H groups in total. The molecule has 0 bridgehead atoms. The average Bonchev–Trinajstić information content (AvgIpc) is 3.01. The monoisotopic (exact) mass is 528 g/mol. The molecule has 1 saturated carbocycles. The normalized spacial score (nSPS) is 16.3. The maximum absolute atomic E-state index is 12.7. The summed E-state index contributed by atoms with van der Waals surface area (Å²) in [6, 6.07) is 35.1. The first-order chi connectivity index (χ1) is 19.6. The Morgan fingerprint density at radius 2 is 1.18 bits per heavy atom. The molecule has 0 amide bonds. The van der Waals surface area contributed by atoms with E-state index in [1.54, 1.807) is 12.1 Å². The number of rotatable bonds is 7. The van der Waals surface area contributed by atoms with Crippen molar-refractivity contribution in [3.8, 4) is 17.6 Å². The van der Waals surface area contributed by atoms with E-state index >= 15 is 0 Å². The summed E-state index contributed by atoms with van der Waals surface area (Å²) >= 11 is 0. The Morgan fingerprint density at radius 3 is 1.80 bits per heavy atom. The van der Waals surface area contributed by atoms with E-state index in [1.165, 1.54) is 11.1 Å². The van der Waals surface area contributed by atoms with E-state index in [9.17, 15) is 9.59 Å². The van der Waals surface area contributed by atoms with Crippen molar-refractivity contribution in [2.45, 2.75) is 44.6 Å². The molecule has 1 aliphatic carbocycles. The van der Waals surface area contributed by atoms with Crippen molar-refractivity contribution in [2.75, 3.05) is 0 Å². The van der Waals surface area contributed by atoms with Gasteiger partial charge in [-0.25, -0.2) is 4.79 Å². The van der Waals surface area contributed by atoms with Crippen LogP contribution in [0.2, 0.25) is 0 Å². The first-order valence-electron chi connectivity index (χ1n) is 13.8. The molecule has 5 rings (SSSR count). The molecule has 40 heavy (non-hydrogen) atoms. The number of aryl methyl sites for hydroxylation is 2. The van der Waals surface area contributed by atoms with Gasteiger partial charge < -0.3 is 9.47 Å². The van der Waals surface area contributed by atoms with Gasteiger partial charge in [-0.1, -0.05) is 72.5 Å². The molecular weight excluding hydrogens is 496 g/mol. The van der Waals surface area contributed by atoms with Gasteiger partial charge in [-0.05, 0) is 98.2 Å². The molecule has 0 atom stereocenters. The number of hydrogen-bond acceptors (Lipinski definition) is 4. The number of ether oxygens (including phenoxy) is 2. The first kappa shape index (κ1) is 27.0. The largest absolute Gasteiger partial charge is 0.459 e. The Morgan fingerprint density at radius 1 is 0.625 bits per heavy atom. The highest BCUT2D eigenvalue weighted by molar-refractivity contribution is 5.89. The molecule has 0 radical (unpaired) electrons. The van der Waals surface area contributed by atoms with Gasteiger partial charge in [0.05, 0.1) is 11.5 Å². The summed E-state index contributed by atoms with van der Waals surface area (Å²) in [6.45, 7) is 0. The minimum Gasteiger partial charge on any atom is -0.459 e. The van der Waals surface area contributed by atoms with Crippen LogP contribution in [0.25, 0.3) is 0 Å². The SMILES string of the molecule is O=C(OC1CCC(C(=O)Oc2ccc(CCc3ccccc3)cc2)CC1)c1ccc(C#Cc2ccccc2)cc1. The van der Waals surface area contributed by atoms with Crippen LogP contribution in [0.15, 0.2) is 109 Å². The van der Waals surface area contributed by atoms with Gasteiger partial charge in [-0.15, -0.1) is 0 Å². The van der Waals surface area contributed by atoms with Crippen molar-refractivity contribution in [3.63, 3.8) is 0 Å². The molecule has 200 valence electrons. The van der Waals surface area contributed by atoms with E-state index < -0.39 is 0 Å². The second-order valence-corrected chi connectivity index (χ2v) is 10.1. The minimum atomic E-state index is -0.346. The summed E-state index contributed by atoms with van der Waals surface area (Å²) in [5, 5.41) is 0. The molecule has 4 aromatic rings. The van der Waals surface area contributed by atoms with Crippen molar-refractivity contribution in [1.82, 2.24) is 0 Å². The summed E-state index contributed by atoms with van der Waals surface area (Å²) < 4.78 is 11.4. The highest BCUT2D eigenvalue weighted by atomic mass is 16.5. The van der Waals surface area contributed by atoms with Crippen LogP contribution in [-0.4, -0.2) is 18.0 Å². The summed E-state index contributed by atoms with van der Waals surface area (Å²) in [4.78, 5) is 25.4. The lowest BCUT2D eigenvalue weighted by Gasteiger charge is -2.27. The van der Waals surface area contributed by atoms with Gasteiger partial charge in [0.1, 0.15) is 11.9 Å². The number of carbonyl (C=O) groups is 2. The predicted molar refractivity (Wildman–Crippen MR) is 156 cm³/mol. The Balaban J connectivity index is 1.05. The van der Waals surface area contributed by atoms with Crippen molar-refractivity contribution in [2.24, 2.45) is 5.92 Å². The number of benzene rings is 4. The molecule has 4 heteroatoms. The van der Waals surface area contributed by atoms with Crippen LogP contribution in [0.4, 0.5) is 0 Å². The first-order valence-corrected chi connectivity index (χ1v) is 13.8. The van der Waals surface area contributed by atoms with E-state index in [2.05, 4.69) is 36.1 Å². The van der Waals surface area contributed by atoms with E-state index in [4.69, 9.17) is 9.47 Å². The maximum atomic E-state index is 12.7. The van der Waals surface area contributed by atoms with E-state index in [-0.39, 0.29) is 24.0 Å². The fourth-order valence-electron chi connectivity index (χ4n) is 4.85. The van der Waals surface area contributed by atoms with Crippen LogP contribution in [0.5, 0.6) is 5.75 Å². The lowest BCUT2D eigenvalue weighted by atomic mass is 9.87. The molecule has 4 nitrogen and oxygen atoms in total. The van der Waals surface area contributed by atoms with Crippen LogP contribution in [-0.2, 0) is 22.4 Å². The quantitative estimate of drug-likeness (QED) is 0.145. The van der Waals surface area contributed by atoms with Crippen molar-refractivity contribution in [3.05, 3.63) is 137 Å². The third kappa shape index (κ3) is 7.71. The smallest absolute Gasteiger partial charge is 0.338 e. The van der Waals surface area contributed by atoms with Crippen LogP contribution in [0.3, 0.4) is 0 Å². The third-order valence-corrected chi connectivity index (χ3v) is 7.21. The second-order valence-electron chi connectivity index (χ2n) is 10.1. The van der Waals surface area contributed by atoms with Crippen molar-refractivity contribution < 1.29 is 19.1 Å². The summed E-state index contributed by atoms with van der Waals surface area (Å²) in [5.74, 6) is 6.05. The Labute approximate surface area is 236 Å². The lowest BCUT2D eigenvalue weighted by Crippen LogP contribution is -2.30. The molecule has 0 heterocycles. The van der Waals surface area contributed by atoms with Crippen LogP contribution >= 0.6 is 0 Å². The van der Waals surface area contributed by atoms with Crippen molar-refractivity contribution >= 4 is 11.9 Å². The molecule has 1 fully saturated rings. The second kappa shape index (κ2) is 13.4. The average molecular weight is 529 g/mol. The van der Waals surface area contributed by atoms with Gasteiger partial charge in [0.2, 0.25) is 0 Å². The number of hydrogen-bond donors (Lipinski definition) is 0. The van der Waals surface area contributed by atoms with E-state index in [1.807, 2.05) is 72.8 Å². The van der Waals surface area contributed by atoms with Gasteiger partial charge >= 0.3 is 11.9 Å². The van der Waals surface area contributed by atoms with Gasteiger partial charge in [0, 0.05) is 11.1 Å². The van der Waals surface area contributed by atoms with Gasteiger partial charge in [0.25, 0.3) is 0 Å². The molecular formula is C36H32O4. The van der Waals surface area contributed by atoms with E-state index in [0.717, 1.165) is 24.0 Å². The standard InChI is InChI=1S/C36H32O4/c37-35(31-19-15-29(16-20-31)13-11-27-7-3-1-4-8-27)40-34-25-21-32(22-26-34)36(38)39-33-23-17-30(18-24-33)14-12-28-9-5-2-6-10-28/h1-10,15-20,23-24,32,34H,12,14,21-22,25-26H2. The zero-order valence-corrected chi connectivity index (χ0v) is 22.4. The number of carbonyl (C=O) groups excluding carboxylic acids is 2. The van der Waals surface area contributed by atoms with Gasteiger partial charge in [0.15, 0.2) is 0 Å². The highest BCUT2D eigenvalue weighted by Crippen LogP contribution is 2.28. The molecule has 4 aromatic carbocycles. The number of esters is 2. The summed E-state index contributed by atoms with van der Waals surface area (Å²) in [7, 11) is 0. The molecule has 0 aliphatic heterocycles. The van der Waals surface area contributed by atoms with E-state index in [0.29, 0.717) is 37.0 Å².